The minimum atomic E-state index is -3.97. The summed E-state index contributed by atoms with van der Waals surface area (Å²) in [6.07, 6.45) is 2.49. The van der Waals surface area contributed by atoms with E-state index in [1.807, 2.05) is 68.6 Å². The van der Waals surface area contributed by atoms with Crippen LogP contribution >= 0.6 is 0 Å². The number of aliphatic hydroxyl groups is 1. The van der Waals surface area contributed by atoms with E-state index in [1.165, 1.54) is 23.2 Å². The van der Waals surface area contributed by atoms with Gasteiger partial charge in [0.25, 0.3) is 15.9 Å². The second-order valence-electron chi connectivity index (χ2n) is 11.6. The minimum Gasteiger partial charge on any atom is -0.488 e. The quantitative estimate of drug-likeness (QED) is 0.250. The van der Waals surface area contributed by atoms with Gasteiger partial charge >= 0.3 is 0 Å². The molecule has 1 aliphatic heterocycles. The summed E-state index contributed by atoms with van der Waals surface area (Å²) >= 11 is 0. The van der Waals surface area contributed by atoms with Crippen LogP contribution in [0.1, 0.15) is 29.8 Å². The fourth-order valence-corrected chi connectivity index (χ4v) is 6.24. The molecular weight excluding hydrogens is 594 g/mol. The second kappa shape index (κ2) is 13.7. The van der Waals surface area contributed by atoms with E-state index in [9.17, 15) is 18.3 Å². The number of fused-ring (bicyclic) bond motifs is 1. The molecule has 45 heavy (non-hydrogen) atoms. The molecule has 0 fully saturated rings. The number of carbonyl (C=O) groups excluding carboxylic acids is 1. The fraction of sp³-hybridized carbons (Fsp3) is 0.333. The van der Waals surface area contributed by atoms with Crippen molar-refractivity contribution in [2.24, 2.45) is 13.0 Å². The van der Waals surface area contributed by atoms with E-state index in [2.05, 4.69) is 14.6 Å². The standard InChI is InChI=1S/C33H39N5O6S/c1-23-17-38(24(2)21-39)33(40)29-16-26(35-45(41,42)32-20-37(4)22-34-32)12-15-30(29)44-31(23)19-36(3)18-25-10-13-28(14-11-25)43-27-8-6-5-7-9-27/h5-16,20,22-24,31,35,39H,17-19,21H2,1-4H3/t23-,24-,31-/m0/s1. The molecule has 1 aromatic heterocycles. The lowest BCUT2D eigenvalue weighted by Crippen LogP contribution is -2.49. The van der Waals surface area contributed by atoms with E-state index < -0.39 is 16.1 Å². The van der Waals surface area contributed by atoms with E-state index in [-0.39, 0.29) is 40.8 Å². The largest absolute Gasteiger partial charge is 0.488 e. The Labute approximate surface area is 264 Å². The maximum Gasteiger partial charge on any atom is 0.280 e. The van der Waals surface area contributed by atoms with Crippen LogP contribution in [0.2, 0.25) is 0 Å². The number of imidazole rings is 1. The molecular formula is C33H39N5O6S. The van der Waals surface area contributed by atoms with Crippen molar-refractivity contribution in [1.82, 2.24) is 19.4 Å². The van der Waals surface area contributed by atoms with Crippen LogP contribution in [0.15, 0.2) is 90.3 Å². The molecule has 12 heteroatoms. The summed E-state index contributed by atoms with van der Waals surface area (Å²) in [6.45, 7) is 5.18. The summed E-state index contributed by atoms with van der Waals surface area (Å²) < 4.78 is 42.3. The summed E-state index contributed by atoms with van der Waals surface area (Å²) in [5.41, 5.74) is 1.52. The van der Waals surface area contributed by atoms with Gasteiger partial charge in [-0.2, -0.15) is 8.42 Å². The highest BCUT2D eigenvalue weighted by Gasteiger charge is 2.34. The number of aryl methyl sites for hydroxylation is 1. The van der Waals surface area contributed by atoms with Crippen molar-refractivity contribution in [2.75, 3.05) is 31.5 Å². The van der Waals surface area contributed by atoms with E-state index in [0.29, 0.717) is 25.4 Å². The van der Waals surface area contributed by atoms with Gasteiger partial charge in [0, 0.05) is 44.5 Å². The lowest BCUT2D eigenvalue weighted by molar-refractivity contribution is 0.0341. The van der Waals surface area contributed by atoms with E-state index >= 15 is 0 Å². The number of likely N-dealkylation sites (N-methyl/N-ethyl adjacent to an activating group) is 1. The molecule has 0 spiro atoms. The first-order valence-corrected chi connectivity index (χ1v) is 16.2. The van der Waals surface area contributed by atoms with Gasteiger partial charge < -0.3 is 24.0 Å². The van der Waals surface area contributed by atoms with Crippen LogP contribution in [0.5, 0.6) is 17.2 Å². The molecule has 2 N–H and O–H groups in total. The Balaban J connectivity index is 1.33. The number of nitrogens with zero attached hydrogens (tertiary/aromatic N) is 4. The monoisotopic (exact) mass is 633 g/mol. The third kappa shape index (κ3) is 7.83. The van der Waals surface area contributed by atoms with Crippen LogP contribution < -0.4 is 14.2 Å². The van der Waals surface area contributed by atoms with Gasteiger partial charge in [-0.15, -0.1) is 0 Å². The molecule has 1 aliphatic rings. The molecule has 4 aromatic rings. The van der Waals surface area contributed by atoms with Crippen LogP contribution in [0.25, 0.3) is 0 Å². The summed E-state index contributed by atoms with van der Waals surface area (Å²) in [5, 5.41) is 9.84. The first kappa shape index (κ1) is 32.0. The van der Waals surface area contributed by atoms with Crippen molar-refractivity contribution >= 4 is 21.6 Å². The molecule has 0 saturated carbocycles. The van der Waals surface area contributed by atoms with Crippen molar-refractivity contribution in [3.63, 3.8) is 0 Å². The molecule has 3 atom stereocenters. The van der Waals surface area contributed by atoms with Crippen molar-refractivity contribution in [2.45, 2.75) is 37.6 Å². The number of sulfonamides is 1. The Morgan fingerprint density at radius 1 is 1.11 bits per heavy atom. The van der Waals surface area contributed by atoms with Crippen molar-refractivity contribution in [1.29, 1.82) is 0 Å². The van der Waals surface area contributed by atoms with Gasteiger partial charge in [-0.05, 0) is 62.0 Å². The number of para-hydroxylation sites is 1. The van der Waals surface area contributed by atoms with Crippen LogP contribution in [0.4, 0.5) is 5.69 Å². The number of aliphatic hydroxyl groups excluding tert-OH is 1. The van der Waals surface area contributed by atoms with Crippen LogP contribution in [0.3, 0.4) is 0 Å². The molecule has 2 heterocycles. The highest BCUT2D eigenvalue weighted by Crippen LogP contribution is 2.31. The molecule has 0 radical (unpaired) electrons. The summed E-state index contributed by atoms with van der Waals surface area (Å²) in [6, 6.07) is 21.8. The maximum atomic E-state index is 13.8. The fourth-order valence-electron chi connectivity index (χ4n) is 5.21. The van der Waals surface area contributed by atoms with Gasteiger partial charge in [0.1, 0.15) is 23.4 Å². The predicted molar refractivity (Wildman–Crippen MR) is 171 cm³/mol. The first-order valence-electron chi connectivity index (χ1n) is 14.8. The number of aromatic nitrogens is 2. The predicted octanol–water partition coefficient (Wildman–Crippen LogP) is 4.37. The average Bonchev–Trinajstić information content (AvgIpc) is 3.47. The molecule has 0 aliphatic carbocycles. The van der Waals surface area contributed by atoms with E-state index in [4.69, 9.17) is 9.47 Å². The summed E-state index contributed by atoms with van der Waals surface area (Å²) in [5.74, 6) is 1.47. The Hall–Kier alpha value is -4.39. The normalized spacial score (nSPS) is 17.6. The van der Waals surface area contributed by atoms with Crippen LogP contribution in [0, 0.1) is 5.92 Å². The third-order valence-electron chi connectivity index (χ3n) is 7.72. The maximum absolute atomic E-state index is 13.8. The average molecular weight is 634 g/mol. The smallest absolute Gasteiger partial charge is 0.280 e. The summed E-state index contributed by atoms with van der Waals surface area (Å²) in [4.78, 5) is 21.5. The number of hydrogen-bond acceptors (Lipinski definition) is 8. The number of amides is 1. The third-order valence-corrected chi connectivity index (χ3v) is 8.99. The second-order valence-corrected chi connectivity index (χ2v) is 13.2. The number of anilines is 1. The molecule has 0 saturated heterocycles. The highest BCUT2D eigenvalue weighted by atomic mass is 32.2. The van der Waals surface area contributed by atoms with Crippen molar-refractivity contribution < 1.29 is 27.8 Å². The molecule has 3 aromatic carbocycles. The zero-order chi connectivity index (χ0) is 32.1. The Bertz CT molecular complexity index is 1710. The van der Waals surface area contributed by atoms with Crippen LogP contribution in [-0.4, -0.2) is 77.7 Å². The molecule has 238 valence electrons. The summed E-state index contributed by atoms with van der Waals surface area (Å²) in [7, 11) is -0.283. The van der Waals surface area contributed by atoms with Gasteiger partial charge in [-0.3, -0.25) is 14.4 Å². The van der Waals surface area contributed by atoms with Gasteiger partial charge in [0.15, 0.2) is 5.03 Å². The zero-order valence-electron chi connectivity index (χ0n) is 25.8. The number of nitrogens with one attached hydrogen (secondary N) is 1. The lowest BCUT2D eigenvalue weighted by Gasteiger charge is -2.38. The van der Waals surface area contributed by atoms with E-state index in [1.54, 1.807) is 31.0 Å². The lowest BCUT2D eigenvalue weighted by atomic mass is 9.99. The van der Waals surface area contributed by atoms with Crippen molar-refractivity contribution in [3.8, 4) is 17.2 Å². The van der Waals surface area contributed by atoms with Gasteiger partial charge in [-0.1, -0.05) is 37.3 Å². The number of rotatable bonds is 11. The Morgan fingerprint density at radius 2 is 1.82 bits per heavy atom. The number of ether oxygens (including phenoxy) is 2. The van der Waals surface area contributed by atoms with Gasteiger partial charge in [0.2, 0.25) is 0 Å². The zero-order valence-corrected chi connectivity index (χ0v) is 26.6. The Kier molecular flexibility index (Phi) is 9.76. The van der Waals surface area contributed by atoms with Gasteiger partial charge in [0.05, 0.1) is 24.5 Å². The minimum absolute atomic E-state index is 0.0671. The molecule has 0 bridgehead atoms. The Morgan fingerprint density at radius 3 is 2.49 bits per heavy atom. The molecule has 1 amide bonds. The SMILES string of the molecule is C[C@H]1CN([C@@H](C)CO)C(=O)c2cc(NS(=O)(=O)c3cn(C)cn3)ccc2O[C@H]1CN(C)Cc1ccc(Oc2ccccc2)cc1. The van der Waals surface area contributed by atoms with Crippen molar-refractivity contribution in [3.05, 3.63) is 96.4 Å². The number of benzene rings is 3. The first-order chi connectivity index (χ1) is 21.5. The highest BCUT2D eigenvalue weighted by molar-refractivity contribution is 7.92. The van der Waals surface area contributed by atoms with Crippen LogP contribution in [-0.2, 0) is 23.6 Å². The van der Waals surface area contributed by atoms with E-state index in [0.717, 1.165) is 17.1 Å². The number of carbonyl (C=O) groups is 1. The number of hydrogen-bond donors (Lipinski definition) is 2. The molecule has 5 rings (SSSR count). The topological polar surface area (TPSA) is 126 Å². The van der Waals surface area contributed by atoms with Gasteiger partial charge in [-0.25, -0.2) is 4.98 Å². The molecule has 0 unspecified atom stereocenters. The molecule has 11 nitrogen and oxygen atoms in total.